The van der Waals surface area contributed by atoms with Crippen molar-refractivity contribution < 1.29 is 9.53 Å². The van der Waals surface area contributed by atoms with Gasteiger partial charge in [0, 0.05) is 18.0 Å². The largest absolute Gasteiger partial charge is 0.378 e. The Kier molecular flexibility index (Phi) is 6.08. The predicted molar refractivity (Wildman–Crippen MR) is 65.0 cm³/mol. The minimum absolute atomic E-state index is 0.177. The predicted octanol–water partition coefficient (Wildman–Crippen LogP) is 1.54. The van der Waals surface area contributed by atoms with Gasteiger partial charge in [0.2, 0.25) is 0 Å². The summed E-state index contributed by atoms with van der Waals surface area (Å²) in [5.74, 6) is 0.271. The summed E-state index contributed by atoms with van der Waals surface area (Å²) in [4.78, 5) is 11.6. The van der Waals surface area contributed by atoms with Crippen LogP contribution < -0.4 is 5.32 Å². The van der Waals surface area contributed by atoms with E-state index in [4.69, 9.17) is 21.6 Å². The van der Waals surface area contributed by atoms with Crippen LogP contribution in [-0.4, -0.2) is 31.5 Å². The first-order valence-corrected chi connectivity index (χ1v) is 5.73. The third-order valence-corrected chi connectivity index (χ3v) is 2.18. The van der Waals surface area contributed by atoms with Gasteiger partial charge in [0.1, 0.15) is 0 Å². The molecule has 0 saturated carbocycles. The van der Waals surface area contributed by atoms with Crippen LogP contribution in [0.2, 0.25) is 0 Å². The molecular weight excluding hydrogens is 240 g/mol. The number of amides is 1. The van der Waals surface area contributed by atoms with E-state index in [-0.39, 0.29) is 5.91 Å². The van der Waals surface area contributed by atoms with Crippen LogP contribution in [0.25, 0.3) is 0 Å². The number of ether oxygens (including phenoxy) is 1. The molecule has 1 aromatic carbocycles. The van der Waals surface area contributed by atoms with E-state index >= 15 is 0 Å². The fraction of sp³-hybridized carbons (Fsp3) is 0.333. The highest BCUT2D eigenvalue weighted by Gasteiger charge is 2.03. The fourth-order valence-electron chi connectivity index (χ4n) is 1.19. The van der Waals surface area contributed by atoms with Gasteiger partial charge in [-0.15, -0.1) is 11.6 Å². The Hall–Kier alpha value is -1.57. The van der Waals surface area contributed by atoms with Crippen molar-refractivity contribution in [2.75, 3.05) is 25.6 Å². The van der Waals surface area contributed by atoms with Crippen LogP contribution in [-0.2, 0) is 4.74 Å². The Morgan fingerprint density at radius 2 is 2.06 bits per heavy atom. The lowest BCUT2D eigenvalue weighted by Gasteiger charge is -2.05. The van der Waals surface area contributed by atoms with Crippen molar-refractivity contribution in [3.8, 4) is 6.07 Å². The third kappa shape index (κ3) is 4.85. The van der Waals surface area contributed by atoms with Crippen molar-refractivity contribution in [2.45, 2.75) is 0 Å². The summed E-state index contributed by atoms with van der Waals surface area (Å²) in [5, 5.41) is 11.3. The van der Waals surface area contributed by atoms with E-state index in [1.54, 1.807) is 24.3 Å². The van der Waals surface area contributed by atoms with E-state index in [1.807, 2.05) is 6.07 Å². The molecule has 0 fully saturated rings. The van der Waals surface area contributed by atoms with E-state index < -0.39 is 0 Å². The van der Waals surface area contributed by atoms with Crippen molar-refractivity contribution in [3.63, 3.8) is 0 Å². The molecule has 0 bridgehead atoms. The van der Waals surface area contributed by atoms with Crippen molar-refractivity contribution >= 4 is 17.5 Å². The number of nitriles is 1. The molecule has 0 spiro atoms. The molecule has 0 atom stereocenters. The second-order valence-electron chi connectivity index (χ2n) is 3.25. The normalized spacial score (nSPS) is 9.65. The van der Waals surface area contributed by atoms with Gasteiger partial charge in [-0.2, -0.15) is 5.26 Å². The van der Waals surface area contributed by atoms with Crippen molar-refractivity contribution in [1.82, 2.24) is 5.32 Å². The fourth-order valence-corrected chi connectivity index (χ4v) is 1.30. The molecule has 1 amide bonds. The number of halogens is 1. The molecule has 0 unspecified atom stereocenters. The molecule has 0 aliphatic rings. The van der Waals surface area contributed by atoms with E-state index in [0.717, 1.165) is 0 Å². The standard InChI is InChI=1S/C12H13ClN2O2/c13-5-7-17-8-6-15-12(16)11-3-1-10(9-14)2-4-11/h1-4H,5-8H2,(H,15,16). The highest BCUT2D eigenvalue weighted by atomic mass is 35.5. The van der Waals surface area contributed by atoms with Crippen LogP contribution in [0.15, 0.2) is 24.3 Å². The Morgan fingerprint density at radius 1 is 1.35 bits per heavy atom. The second kappa shape index (κ2) is 7.66. The first-order valence-electron chi connectivity index (χ1n) is 5.20. The van der Waals surface area contributed by atoms with E-state index in [9.17, 15) is 4.79 Å². The lowest BCUT2D eigenvalue weighted by molar-refractivity contribution is 0.0923. The number of nitrogens with one attached hydrogen (secondary N) is 1. The van der Waals surface area contributed by atoms with Crippen LogP contribution in [0.3, 0.4) is 0 Å². The van der Waals surface area contributed by atoms with Crippen LogP contribution in [0.5, 0.6) is 0 Å². The minimum Gasteiger partial charge on any atom is -0.378 e. The molecule has 4 nitrogen and oxygen atoms in total. The quantitative estimate of drug-likeness (QED) is 0.617. The zero-order valence-corrected chi connectivity index (χ0v) is 10.0. The third-order valence-electron chi connectivity index (χ3n) is 2.03. The molecular formula is C12H13ClN2O2. The van der Waals surface area contributed by atoms with Gasteiger partial charge in [0.05, 0.1) is 24.8 Å². The topological polar surface area (TPSA) is 62.1 Å². The summed E-state index contributed by atoms with van der Waals surface area (Å²) in [7, 11) is 0. The Balaban J connectivity index is 2.34. The first-order chi connectivity index (χ1) is 8.27. The summed E-state index contributed by atoms with van der Waals surface area (Å²) < 4.78 is 5.12. The van der Waals surface area contributed by atoms with E-state index in [0.29, 0.717) is 36.8 Å². The number of carbonyl (C=O) groups excluding carboxylic acids is 1. The first kappa shape index (κ1) is 13.5. The van der Waals surface area contributed by atoms with Gasteiger partial charge >= 0.3 is 0 Å². The monoisotopic (exact) mass is 252 g/mol. The van der Waals surface area contributed by atoms with Gasteiger partial charge < -0.3 is 10.1 Å². The van der Waals surface area contributed by atoms with Crippen LogP contribution in [0.1, 0.15) is 15.9 Å². The summed E-state index contributed by atoms with van der Waals surface area (Å²) in [6, 6.07) is 8.45. The molecule has 0 saturated heterocycles. The summed E-state index contributed by atoms with van der Waals surface area (Å²) in [5.41, 5.74) is 1.06. The summed E-state index contributed by atoms with van der Waals surface area (Å²) >= 11 is 5.43. The maximum Gasteiger partial charge on any atom is 0.251 e. The molecule has 1 aromatic rings. The van der Waals surface area contributed by atoms with Crippen LogP contribution in [0, 0.1) is 11.3 Å². The highest BCUT2D eigenvalue weighted by Crippen LogP contribution is 2.02. The zero-order chi connectivity index (χ0) is 12.5. The Labute approximate surface area is 105 Å². The average Bonchev–Trinajstić information content (AvgIpc) is 2.38. The number of benzene rings is 1. The molecule has 1 N–H and O–H groups in total. The molecule has 0 aliphatic carbocycles. The number of alkyl halides is 1. The Bertz CT molecular complexity index is 398. The van der Waals surface area contributed by atoms with Crippen molar-refractivity contribution in [2.24, 2.45) is 0 Å². The van der Waals surface area contributed by atoms with E-state index in [1.165, 1.54) is 0 Å². The lowest BCUT2D eigenvalue weighted by Crippen LogP contribution is -2.27. The maximum absolute atomic E-state index is 11.6. The Morgan fingerprint density at radius 3 is 2.65 bits per heavy atom. The van der Waals surface area contributed by atoms with Crippen molar-refractivity contribution in [3.05, 3.63) is 35.4 Å². The number of nitrogens with zero attached hydrogens (tertiary/aromatic N) is 1. The average molecular weight is 253 g/mol. The SMILES string of the molecule is N#Cc1ccc(C(=O)NCCOCCCl)cc1. The van der Waals surface area contributed by atoms with Crippen LogP contribution >= 0.6 is 11.6 Å². The van der Waals surface area contributed by atoms with Gasteiger partial charge in [-0.1, -0.05) is 0 Å². The summed E-state index contributed by atoms with van der Waals surface area (Å²) in [6.45, 7) is 1.36. The molecule has 0 radical (unpaired) electrons. The highest BCUT2D eigenvalue weighted by molar-refractivity contribution is 6.17. The van der Waals surface area contributed by atoms with Gasteiger partial charge in [0.15, 0.2) is 0 Å². The van der Waals surface area contributed by atoms with Crippen LogP contribution in [0.4, 0.5) is 0 Å². The number of carbonyl (C=O) groups is 1. The van der Waals surface area contributed by atoms with Crippen molar-refractivity contribution in [1.29, 1.82) is 5.26 Å². The molecule has 0 heterocycles. The molecule has 1 rings (SSSR count). The molecule has 17 heavy (non-hydrogen) atoms. The molecule has 90 valence electrons. The number of rotatable bonds is 6. The number of hydrogen-bond donors (Lipinski definition) is 1. The molecule has 0 aliphatic heterocycles. The zero-order valence-electron chi connectivity index (χ0n) is 9.28. The second-order valence-corrected chi connectivity index (χ2v) is 3.62. The lowest BCUT2D eigenvalue weighted by atomic mass is 10.1. The van der Waals surface area contributed by atoms with Gasteiger partial charge in [-0.25, -0.2) is 0 Å². The molecule has 5 heteroatoms. The maximum atomic E-state index is 11.6. The smallest absolute Gasteiger partial charge is 0.251 e. The van der Waals surface area contributed by atoms with Gasteiger partial charge in [-0.3, -0.25) is 4.79 Å². The van der Waals surface area contributed by atoms with Gasteiger partial charge in [-0.05, 0) is 24.3 Å². The minimum atomic E-state index is -0.177. The van der Waals surface area contributed by atoms with Gasteiger partial charge in [0.25, 0.3) is 5.91 Å². The summed E-state index contributed by atoms with van der Waals surface area (Å²) in [6.07, 6.45) is 0. The van der Waals surface area contributed by atoms with E-state index in [2.05, 4.69) is 5.32 Å². The molecule has 0 aromatic heterocycles. The number of hydrogen-bond acceptors (Lipinski definition) is 3.